The topological polar surface area (TPSA) is 58.4 Å². The lowest BCUT2D eigenvalue weighted by atomic mass is 10.1. The van der Waals surface area contributed by atoms with Crippen LogP contribution in [0.3, 0.4) is 0 Å². The Morgan fingerprint density at radius 1 is 1.14 bits per heavy atom. The fourth-order valence-electron chi connectivity index (χ4n) is 2.06. The van der Waals surface area contributed by atoms with Gasteiger partial charge in [0.25, 0.3) is 5.91 Å². The van der Waals surface area contributed by atoms with E-state index in [2.05, 4.69) is 5.32 Å². The van der Waals surface area contributed by atoms with Crippen LogP contribution in [-0.2, 0) is 6.54 Å². The van der Waals surface area contributed by atoms with Crippen molar-refractivity contribution >= 4 is 17.3 Å². The summed E-state index contributed by atoms with van der Waals surface area (Å²) in [6.07, 6.45) is 0. The molecular weight excluding hydrogens is 262 g/mol. The summed E-state index contributed by atoms with van der Waals surface area (Å²) < 4.78 is 0. The lowest BCUT2D eigenvalue weighted by Gasteiger charge is -2.13. The molecule has 3 N–H and O–H groups in total. The summed E-state index contributed by atoms with van der Waals surface area (Å²) in [7, 11) is 3.99. The molecule has 0 radical (unpaired) electrons. The van der Waals surface area contributed by atoms with Gasteiger partial charge in [0.1, 0.15) is 0 Å². The Morgan fingerprint density at radius 2 is 1.81 bits per heavy atom. The van der Waals surface area contributed by atoms with Crippen molar-refractivity contribution in [3.05, 3.63) is 59.2 Å². The molecule has 110 valence electrons. The van der Waals surface area contributed by atoms with Gasteiger partial charge in [-0.3, -0.25) is 4.79 Å². The number of nitrogens with zero attached hydrogens (tertiary/aromatic N) is 1. The first-order chi connectivity index (χ1) is 9.97. The van der Waals surface area contributed by atoms with Gasteiger partial charge in [-0.1, -0.05) is 23.8 Å². The van der Waals surface area contributed by atoms with Crippen LogP contribution in [0.15, 0.2) is 42.5 Å². The fraction of sp³-hybridized carbons (Fsp3) is 0.235. The second kappa shape index (κ2) is 6.31. The zero-order valence-electron chi connectivity index (χ0n) is 12.7. The summed E-state index contributed by atoms with van der Waals surface area (Å²) in [4.78, 5) is 14.2. The number of amides is 1. The highest BCUT2D eigenvalue weighted by atomic mass is 16.1. The smallest absolute Gasteiger partial charge is 0.253 e. The van der Waals surface area contributed by atoms with E-state index in [9.17, 15) is 4.79 Å². The molecule has 2 aromatic carbocycles. The summed E-state index contributed by atoms with van der Waals surface area (Å²) in [5, 5.41) is 2.90. The van der Waals surface area contributed by atoms with Gasteiger partial charge >= 0.3 is 0 Å². The molecule has 1 amide bonds. The number of aryl methyl sites for hydroxylation is 1. The summed E-state index contributed by atoms with van der Waals surface area (Å²) in [5.74, 6) is -0.145. The van der Waals surface area contributed by atoms with Gasteiger partial charge < -0.3 is 16.0 Å². The highest BCUT2D eigenvalue weighted by Gasteiger charge is 2.09. The Hall–Kier alpha value is -2.49. The van der Waals surface area contributed by atoms with E-state index >= 15 is 0 Å². The minimum Gasteiger partial charge on any atom is -0.398 e. The van der Waals surface area contributed by atoms with Gasteiger partial charge in [0, 0.05) is 32.0 Å². The van der Waals surface area contributed by atoms with Crippen molar-refractivity contribution in [3.63, 3.8) is 0 Å². The third-order valence-corrected chi connectivity index (χ3v) is 3.36. The van der Waals surface area contributed by atoms with Crippen molar-refractivity contribution in [3.8, 4) is 0 Å². The average molecular weight is 283 g/mol. The predicted octanol–water partition coefficient (Wildman–Crippen LogP) is 2.57. The van der Waals surface area contributed by atoms with Crippen LogP contribution in [0.5, 0.6) is 0 Å². The molecule has 2 aromatic rings. The summed E-state index contributed by atoms with van der Waals surface area (Å²) in [6, 6.07) is 13.5. The second-order valence-electron chi connectivity index (χ2n) is 5.33. The van der Waals surface area contributed by atoms with E-state index in [1.807, 2.05) is 56.3 Å². The molecule has 0 fully saturated rings. The molecule has 4 nitrogen and oxygen atoms in total. The van der Waals surface area contributed by atoms with Crippen LogP contribution in [0, 0.1) is 6.92 Å². The van der Waals surface area contributed by atoms with Crippen LogP contribution in [0.1, 0.15) is 21.5 Å². The van der Waals surface area contributed by atoms with Crippen molar-refractivity contribution in [2.45, 2.75) is 13.5 Å². The van der Waals surface area contributed by atoms with Crippen LogP contribution < -0.4 is 16.0 Å². The molecule has 0 aliphatic carbocycles. The van der Waals surface area contributed by atoms with E-state index in [1.54, 1.807) is 12.1 Å². The molecule has 0 unspecified atom stereocenters. The van der Waals surface area contributed by atoms with E-state index in [0.717, 1.165) is 16.8 Å². The van der Waals surface area contributed by atoms with Crippen molar-refractivity contribution in [1.29, 1.82) is 0 Å². The number of anilines is 2. The number of nitrogens with two attached hydrogens (primary N) is 1. The molecular formula is C17H21N3O. The average Bonchev–Trinajstić information content (AvgIpc) is 2.47. The van der Waals surface area contributed by atoms with Crippen molar-refractivity contribution in [2.24, 2.45) is 0 Å². The predicted molar refractivity (Wildman–Crippen MR) is 87.5 cm³/mol. The number of benzene rings is 2. The summed E-state index contributed by atoms with van der Waals surface area (Å²) >= 11 is 0. The molecule has 0 heterocycles. The highest BCUT2D eigenvalue weighted by Crippen LogP contribution is 2.15. The Bertz CT molecular complexity index is 633. The van der Waals surface area contributed by atoms with Gasteiger partial charge in [-0.15, -0.1) is 0 Å². The molecule has 2 rings (SSSR count). The summed E-state index contributed by atoms with van der Waals surface area (Å²) in [6.45, 7) is 2.43. The van der Waals surface area contributed by atoms with Gasteiger partial charge in [-0.2, -0.15) is 0 Å². The number of nitrogens with one attached hydrogen (secondary N) is 1. The monoisotopic (exact) mass is 283 g/mol. The van der Waals surface area contributed by atoms with E-state index in [1.165, 1.54) is 0 Å². The number of hydrogen-bond acceptors (Lipinski definition) is 3. The van der Waals surface area contributed by atoms with Crippen LogP contribution in [0.25, 0.3) is 0 Å². The van der Waals surface area contributed by atoms with Crippen LogP contribution >= 0.6 is 0 Å². The Balaban J connectivity index is 2.02. The van der Waals surface area contributed by atoms with Gasteiger partial charge in [-0.25, -0.2) is 0 Å². The molecule has 0 atom stereocenters. The van der Waals surface area contributed by atoms with Crippen LogP contribution in [0.2, 0.25) is 0 Å². The zero-order chi connectivity index (χ0) is 15.4. The molecule has 0 saturated carbocycles. The summed E-state index contributed by atoms with van der Waals surface area (Å²) in [5.41, 5.74) is 10.1. The number of carbonyl (C=O) groups is 1. The lowest BCUT2D eigenvalue weighted by molar-refractivity contribution is 0.0951. The van der Waals surface area contributed by atoms with Gasteiger partial charge in [-0.05, 0) is 36.8 Å². The SMILES string of the molecule is Cc1ccc(N)c(C(=O)NCc2ccc(N(C)C)cc2)c1. The number of rotatable bonds is 4. The molecule has 0 saturated heterocycles. The molecule has 0 aromatic heterocycles. The molecule has 4 heteroatoms. The van der Waals surface area contributed by atoms with Crippen molar-refractivity contribution in [2.75, 3.05) is 24.7 Å². The first kappa shape index (κ1) is 14.9. The van der Waals surface area contributed by atoms with Gasteiger partial charge in [0.15, 0.2) is 0 Å². The number of nitrogen functional groups attached to an aromatic ring is 1. The maximum absolute atomic E-state index is 12.2. The normalized spacial score (nSPS) is 10.2. The third kappa shape index (κ3) is 3.75. The van der Waals surface area contributed by atoms with E-state index < -0.39 is 0 Å². The fourth-order valence-corrected chi connectivity index (χ4v) is 2.06. The van der Waals surface area contributed by atoms with Crippen LogP contribution in [-0.4, -0.2) is 20.0 Å². The van der Waals surface area contributed by atoms with Crippen molar-refractivity contribution in [1.82, 2.24) is 5.32 Å². The van der Waals surface area contributed by atoms with Crippen LogP contribution in [0.4, 0.5) is 11.4 Å². The lowest BCUT2D eigenvalue weighted by Crippen LogP contribution is -2.24. The second-order valence-corrected chi connectivity index (χ2v) is 5.33. The molecule has 0 aliphatic heterocycles. The Labute approximate surface area is 125 Å². The third-order valence-electron chi connectivity index (χ3n) is 3.36. The maximum atomic E-state index is 12.2. The van der Waals surface area contributed by atoms with Gasteiger partial charge in [0.2, 0.25) is 0 Å². The Kier molecular flexibility index (Phi) is 4.48. The zero-order valence-corrected chi connectivity index (χ0v) is 12.7. The standard InChI is InChI=1S/C17H21N3O/c1-12-4-9-16(18)15(10-12)17(21)19-11-13-5-7-14(8-6-13)20(2)3/h4-10H,11,18H2,1-3H3,(H,19,21). The minimum atomic E-state index is -0.145. The van der Waals surface area contributed by atoms with Crippen molar-refractivity contribution < 1.29 is 4.79 Å². The van der Waals surface area contributed by atoms with E-state index in [4.69, 9.17) is 5.73 Å². The number of hydrogen-bond donors (Lipinski definition) is 2. The van der Waals surface area contributed by atoms with Gasteiger partial charge in [0.05, 0.1) is 5.56 Å². The quantitative estimate of drug-likeness (QED) is 0.848. The van der Waals surface area contributed by atoms with E-state index in [0.29, 0.717) is 17.8 Å². The molecule has 21 heavy (non-hydrogen) atoms. The Morgan fingerprint density at radius 3 is 2.43 bits per heavy atom. The highest BCUT2D eigenvalue weighted by molar-refractivity contribution is 5.99. The minimum absolute atomic E-state index is 0.145. The first-order valence-corrected chi connectivity index (χ1v) is 6.88. The first-order valence-electron chi connectivity index (χ1n) is 6.88. The van der Waals surface area contributed by atoms with E-state index in [-0.39, 0.29) is 5.91 Å². The molecule has 0 aliphatic rings. The maximum Gasteiger partial charge on any atom is 0.253 e. The molecule has 0 bridgehead atoms. The molecule has 0 spiro atoms. The largest absolute Gasteiger partial charge is 0.398 e. The number of carbonyl (C=O) groups excluding carboxylic acids is 1.